The van der Waals surface area contributed by atoms with Crippen LogP contribution < -0.4 is 0 Å². The van der Waals surface area contributed by atoms with E-state index in [1.165, 1.54) is 113 Å². The van der Waals surface area contributed by atoms with Gasteiger partial charge in [-0.1, -0.05) is 135 Å². The van der Waals surface area contributed by atoms with Crippen molar-refractivity contribution in [3.8, 4) is 0 Å². The van der Waals surface area contributed by atoms with E-state index in [1.54, 1.807) is 0 Å². The Morgan fingerprint density at radius 2 is 1.12 bits per heavy atom. The molecule has 2 nitrogen and oxygen atoms in total. The molecule has 0 aliphatic rings. The molecular formula is C40H62N2Ni. The monoisotopic (exact) mass is 628 g/mol. The minimum atomic E-state index is 0. The average Bonchev–Trinajstić information content (AvgIpc) is 3.00. The van der Waals surface area contributed by atoms with Crippen molar-refractivity contribution in [3.05, 3.63) is 65.2 Å². The molecule has 2 rings (SSSR count). The van der Waals surface area contributed by atoms with Gasteiger partial charge in [-0.25, -0.2) is 0 Å². The molecule has 0 aromatic heterocycles. The molecule has 2 aromatic rings. The minimum Gasteiger partial charge on any atom is -0.255 e. The van der Waals surface area contributed by atoms with Crippen LogP contribution in [-0.2, 0) is 29.3 Å². The maximum absolute atomic E-state index is 5.02. The van der Waals surface area contributed by atoms with Gasteiger partial charge in [0.25, 0.3) is 0 Å². The van der Waals surface area contributed by atoms with Crippen molar-refractivity contribution in [2.45, 2.75) is 156 Å². The molecule has 0 saturated carbocycles. The van der Waals surface area contributed by atoms with Crippen molar-refractivity contribution < 1.29 is 16.5 Å². The topological polar surface area (TPSA) is 24.7 Å². The van der Waals surface area contributed by atoms with Gasteiger partial charge in [0, 0.05) is 22.7 Å². The van der Waals surface area contributed by atoms with E-state index in [0.29, 0.717) is 0 Å². The van der Waals surface area contributed by atoms with Gasteiger partial charge in [0.15, 0.2) is 0 Å². The van der Waals surface area contributed by atoms with E-state index in [4.69, 9.17) is 9.98 Å². The molecule has 0 atom stereocenters. The van der Waals surface area contributed by atoms with Crippen LogP contribution in [0.25, 0.3) is 6.08 Å². The molecule has 0 N–H and O–H groups in total. The van der Waals surface area contributed by atoms with E-state index in [9.17, 15) is 0 Å². The van der Waals surface area contributed by atoms with Gasteiger partial charge in [-0.15, -0.1) is 0 Å². The number of hydrogen-bond donors (Lipinski definition) is 0. The Morgan fingerprint density at radius 1 is 0.581 bits per heavy atom. The van der Waals surface area contributed by atoms with E-state index in [1.807, 2.05) is 6.21 Å². The number of benzene rings is 2. The Morgan fingerprint density at radius 3 is 1.70 bits per heavy atom. The fourth-order valence-corrected chi connectivity index (χ4v) is 5.36. The summed E-state index contributed by atoms with van der Waals surface area (Å²) in [6.07, 6.45) is 32.0. The second kappa shape index (κ2) is 26.4. The third-order valence-electron chi connectivity index (χ3n) is 8.02. The minimum absolute atomic E-state index is 0. The summed E-state index contributed by atoms with van der Waals surface area (Å²) in [4.78, 5) is 9.99. The zero-order valence-electron chi connectivity index (χ0n) is 28.1. The molecule has 0 radical (unpaired) electrons. The van der Waals surface area contributed by atoms with Crippen molar-refractivity contribution in [2.75, 3.05) is 0 Å². The van der Waals surface area contributed by atoms with Gasteiger partial charge < -0.3 is 0 Å². The molecule has 0 saturated heterocycles. The summed E-state index contributed by atoms with van der Waals surface area (Å²) in [5, 5.41) is 0. The molecule has 0 unspecified atom stereocenters. The first-order valence-corrected chi connectivity index (χ1v) is 17.7. The Bertz CT molecular complexity index is 1010. The van der Waals surface area contributed by atoms with Crippen molar-refractivity contribution in [1.82, 2.24) is 0 Å². The molecule has 2 aromatic carbocycles. The predicted octanol–water partition coefficient (Wildman–Crippen LogP) is 13.4. The van der Waals surface area contributed by atoms with Crippen molar-refractivity contribution in [2.24, 2.45) is 9.98 Å². The largest absolute Gasteiger partial charge is 0.255 e. The molecule has 0 bridgehead atoms. The average molecular weight is 630 g/mol. The van der Waals surface area contributed by atoms with E-state index in [0.717, 1.165) is 49.2 Å². The fourth-order valence-electron chi connectivity index (χ4n) is 5.36. The Labute approximate surface area is 276 Å². The number of aryl methyl sites for hydroxylation is 2. The number of unbranched alkanes of at least 4 members (excludes halogenated alkanes) is 13. The second-order valence-electron chi connectivity index (χ2n) is 12.1. The smallest absolute Gasteiger partial charge is 0.0635 e. The number of allylic oxidation sites excluding steroid dienone is 1. The van der Waals surface area contributed by atoms with Crippen molar-refractivity contribution in [3.63, 3.8) is 0 Å². The molecule has 242 valence electrons. The van der Waals surface area contributed by atoms with Crippen LogP contribution in [0.2, 0.25) is 0 Å². The van der Waals surface area contributed by atoms with Crippen LogP contribution in [0.15, 0.2) is 58.5 Å². The van der Waals surface area contributed by atoms with E-state index >= 15 is 0 Å². The zero-order valence-corrected chi connectivity index (χ0v) is 29.1. The first-order valence-electron chi connectivity index (χ1n) is 17.7. The van der Waals surface area contributed by atoms with E-state index in [-0.39, 0.29) is 16.5 Å². The second-order valence-corrected chi connectivity index (χ2v) is 12.1. The number of nitrogens with zero attached hydrogens (tertiary/aromatic N) is 2. The van der Waals surface area contributed by atoms with E-state index in [2.05, 4.69) is 82.3 Å². The number of aliphatic imine (C=N–C) groups is 2. The summed E-state index contributed by atoms with van der Waals surface area (Å²) in [6.45, 7) is 9.08. The Kier molecular flexibility index (Phi) is 24.0. The summed E-state index contributed by atoms with van der Waals surface area (Å²) in [6, 6.07) is 15.7. The normalized spacial score (nSPS) is 12.0. The molecule has 0 fully saturated rings. The predicted molar refractivity (Wildman–Crippen MR) is 190 cm³/mol. The van der Waals surface area contributed by atoms with Gasteiger partial charge in [-0.3, -0.25) is 9.98 Å². The molecule has 0 heterocycles. The summed E-state index contributed by atoms with van der Waals surface area (Å²) >= 11 is 0. The van der Waals surface area contributed by atoms with Crippen molar-refractivity contribution in [1.29, 1.82) is 0 Å². The number of rotatable bonds is 24. The Hall–Kier alpha value is -1.99. The standard InChI is InChI=1S/C40H62N2.Ni/c1-5-9-13-14-15-16-17-18-19-22-23-35-27-29-38(30-28-35)42-39(26-12-8-4)34-41-40-32-36(24-20-10-6-2)31-37(33-40)25-21-11-7-3;/h22-23,27-34H,5-21,24-26H2,1-4H3;/b23-22+,41-34?,42-39?;. The quantitative estimate of drug-likeness (QED) is 0.0627. The first kappa shape index (κ1) is 39.0. The van der Waals surface area contributed by atoms with Gasteiger partial charge in [0.2, 0.25) is 0 Å². The van der Waals surface area contributed by atoms with Gasteiger partial charge in [-0.05, 0) is 92.3 Å². The van der Waals surface area contributed by atoms with Crippen LogP contribution in [-0.4, -0.2) is 11.9 Å². The summed E-state index contributed by atoms with van der Waals surface area (Å²) < 4.78 is 0. The summed E-state index contributed by atoms with van der Waals surface area (Å²) in [7, 11) is 0. The Balaban J connectivity index is 0.00000924. The third kappa shape index (κ3) is 19.1. The van der Waals surface area contributed by atoms with Gasteiger partial charge in [0.05, 0.1) is 17.1 Å². The summed E-state index contributed by atoms with van der Waals surface area (Å²) in [5.74, 6) is 0. The van der Waals surface area contributed by atoms with Gasteiger partial charge >= 0.3 is 0 Å². The zero-order chi connectivity index (χ0) is 30.1. The van der Waals surface area contributed by atoms with Crippen LogP contribution in [0.1, 0.15) is 160 Å². The summed E-state index contributed by atoms with van der Waals surface area (Å²) in [5.41, 5.74) is 7.29. The van der Waals surface area contributed by atoms with Crippen LogP contribution >= 0.6 is 0 Å². The van der Waals surface area contributed by atoms with Gasteiger partial charge in [0.1, 0.15) is 0 Å². The molecule has 0 aliphatic carbocycles. The van der Waals surface area contributed by atoms with Crippen LogP contribution in [0.4, 0.5) is 11.4 Å². The van der Waals surface area contributed by atoms with E-state index < -0.39 is 0 Å². The molecule has 3 heteroatoms. The first-order chi connectivity index (χ1) is 20.7. The number of hydrogen-bond acceptors (Lipinski definition) is 2. The van der Waals surface area contributed by atoms with Crippen molar-refractivity contribution >= 4 is 29.4 Å². The molecule has 0 amide bonds. The maximum Gasteiger partial charge on any atom is 0.0635 e. The molecular weight excluding hydrogens is 567 g/mol. The van der Waals surface area contributed by atoms with Crippen LogP contribution in [0.5, 0.6) is 0 Å². The third-order valence-corrected chi connectivity index (χ3v) is 8.02. The molecule has 0 aliphatic heterocycles. The SMILES string of the molecule is CCCCCCCCCC/C=C/c1ccc(N=C(C=Nc2cc(CCCCC)cc(CCCCC)c2)CCCC)cc1.[Ni]. The molecule has 0 spiro atoms. The van der Waals surface area contributed by atoms with Crippen LogP contribution in [0, 0.1) is 0 Å². The fraction of sp³-hybridized carbons (Fsp3) is 0.600. The maximum atomic E-state index is 5.02. The molecule has 43 heavy (non-hydrogen) atoms. The van der Waals surface area contributed by atoms with Gasteiger partial charge in [-0.2, -0.15) is 0 Å². The van der Waals surface area contributed by atoms with Crippen LogP contribution in [0.3, 0.4) is 0 Å².